The number of aromatic amines is 1. The third-order valence-electron chi connectivity index (χ3n) is 6.69. The molecule has 0 bridgehead atoms. The molecular weight excluding hydrogens is 470 g/mol. The van der Waals surface area contributed by atoms with Crippen molar-refractivity contribution in [1.29, 1.82) is 5.41 Å². The quantitative estimate of drug-likeness (QED) is 0.409. The highest BCUT2D eigenvalue weighted by molar-refractivity contribution is 7.92. The number of aliphatic hydroxyl groups excluding tert-OH is 1. The molecule has 184 valence electrons. The second-order valence-electron chi connectivity index (χ2n) is 9.83. The maximum Gasteiger partial charge on any atom is 0.330 e. The van der Waals surface area contributed by atoms with Crippen LogP contribution in [0.3, 0.4) is 0 Å². The van der Waals surface area contributed by atoms with E-state index in [-0.39, 0.29) is 15.5 Å². The second kappa shape index (κ2) is 8.10. The van der Waals surface area contributed by atoms with Gasteiger partial charge >= 0.3 is 5.69 Å². The van der Waals surface area contributed by atoms with Crippen LogP contribution in [-0.4, -0.2) is 61.5 Å². The Hall–Kier alpha value is -1.90. The number of hydrogen-bond donors (Lipinski definition) is 3. The Morgan fingerprint density at radius 2 is 1.97 bits per heavy atom. The molecule has 0 aliphatic carbocycles. The van der Waals surface area contributed by atoms with Gasteiger partial charge in [-0.2, -0.15) is 8.42 Å². The first-order chi connectivity index (χ1) is 15.0. The molecule has 33 heavy (non-hydrogen) atoms. The van der Waals surface area contributed by atoms with Gasteiger partial charge in [-0.25, -0.2) is 8.98 Å². The fourth-order valence-corrected chi connectivity index (χ4v) is 6.54. The van der Waals surface area contributed by atoms with E-state index in [1.807, 2.05) is 33.9 Å². The first kappa shape index (κ1) is 25.7. The first-order valence-corrected chi connectivity index (χ1v) is 14.8. The molecule has 1 aromatic heterocycles. The van der Waals surface area contributed by atoms with Crippen LogP contribution < -0.4 is 11.2 Å². The number of hydrogen-bond acceptors (Lipinski definition) is 9. The zero-order valence-corrected chi connectivity index (χ0v) is 21.6. The number of H-pyrrole nitrogens is 1. The predicted molar refractivity (Wildman–Crippen MR) is 123 cm³/mol. The van der Waals surface area contributed by atoms with Crippen molar-refractivity contribution in [3.8, 4) is 0 Å². The predicted octanol–water partition coefficient (Wildman–Crippen LogP) is 1.15. The number of aryl methyl sites for hydroxylation is 1. The molecular formula is C20H31N3O8SSi. The summed E-state index contributed by atoms with van der Waals surface area (Å²) < 4.78 is 44.8. The van der Waals surface area contributed by atoms with Crippen molar-refractivity contribution in [2.24, 2.45) is 0 Å². The Labute approximate surface area is 193 Å². The van der Waals surface area contributed by atoms with E-state index in [9.17, 15) is 23.1 Å². The van der Waals surface area contributed by atoms with Crippen molar-refractivity contribution in [2.75, 3.05) is 6.61 Å². The van der Waals surface area contributed by atoms with Gasteiger partial charge in [0.2, 0.25) is 0 Å². The second-order valence-corrected chi connectivity index (χ2v) is 16.1. The minimum absolute atomic E-state index is 0.218. The van der Waals surface area contributed by atoms with Crippen molar-refractivity contribution >= 4 is 24.1 Å². The molecule has 3 heterocycles. The molecule has 2 fully saturated rings. The molecule has 2 aliphatic rings. The lowest BCUT2D eigenvalue weighted by Crippen LogP contribution is -2.59. The van der Waals surface area contributed by atoms with Crippen LogP contribution in [0.25, 0.3) is 0 Å². The summed E-state index contributed by atoms with van der Waals surface area (Å²) in [5.41, 5.74) is -3.58. The highest BCUT2D eigenvalue weighted by Gasteiger charge is 2.70. The van der Waals surface area contributed by atoms with Gasteiger partial charge in [0.15, 0.2) is 20.1 Å². The van der Waals surface area contributed by atoms with Crippen molar-refractivity contribution in [1.82, 2.24) is 9.55 Å². The molecule has 0 amide bonds. The molecule has 13 heteroatoms. The summed E-state index contributed by atoms with van der Waals surface area (Å²) in [4.78, 5) is 26.5. The highest BCUT2D eigenvalue weighted by atomic mass is 32.2. The normalized spacial score (nSPS) is 31.1. The number of nitrogens with one attached hydrogen (secondary N) is 2. The topological polar surface area (TPSA) is 161 Å². The van der Waals surface area contributed by atoms with Crippen molar-refractivity contribution in [3.63, 3.8) is 0 Å². The van der Waals surface area contributed by atoms with Crippen LogP contribution in [0.15, 0.2) is 26.8 Å². The lowest BCUT2D eigenvalue weighted by Gasteiger charge is -2.42. The minimum atomic E-state index is -4.34. The smallest absolute Gasteiger partial charge is 0.330 e. The summed E-state index contributed by atoms with van der Waals surface area (Å²) in [7, 11) is -7.01. The Kier molecular flexibility index (Phi) is 6.31. The van der Waals surface area contributed by atoms with Gasteiger partial charge in [0.1, 0.15) is 17.1 Å². The molecule has 0 aromatic carbocycles. The molecule has 1 aromatic rings. The minimum Gasteiger partial charge on any atom is -0.406 e. The standard InChI is InChI=1S/C20H31N3O8SSi/c1-8-12-14(21)20(31-32(12,27)28)13(10-24)29-17(15(20)30-33(6,7)19(3,4)5)23-9-11(2)16(25)22-18(23)26/h8-9,13,15,17,21,24H,10H2,1-7H3,(H,22,25,26)/b12-8-,21-14?. The van der Waals surface area contributed by atoms with E-state index in [4.69, 9.17) is 18.8 Å². The third-order valence-corrected chi connectivity index (χ3v) is 12.6. The first-order valence-electron chi connectivity index (χ1n) is 10.5. The average molecular weight is 502 g/mol. The van der Waals surface area contributed by atoms with Crippen LogP contribution in [0.1, 0.15) is 39.5 Å². The summed E-state index contributed by atoms with van der Waals surface area (Å²) in [6.45, 7) is 12.1. The molecule has 2 saturated heterocycles. The lowest BCUT2D eigenvalue weighted by atomic mass is 9.86. The van der Waals surface area contributed by atoms with Gasteiger partial charge < -0.3 is 19.7 Å². The number of allylic oxidation sites excluding steroid dienone is 1. The summed E-state index contributed by atoms with van der Waals surface area (Å²) in [6.07, 6.45) is -1.35. The van der Waals surface area contributed by atoms with E-state index in [1.165, 1.54) is 26.1 Å². The van der Waals surface area contributed by atoms with Crippen LogP contribution >= 0.6 is 0 Å². The van der Waals surface area contributed by atoms with Gasteiger partial charge in [0.05, 0.1) is 12.3 Å². The average Bonchev–Trinajstić information content (AvgIpc) is 3.08. The maximum atomic E-state index is 12.8. The summed E-state index contributed by atoms with van der Waals surface area (Å²) in [6, 6.07) is 0. The number of rotatable bonds is 4. The van der Waals surface area contributed by atoms with Gasteiger partial charge in [0, 0.05) is 11.8 Å². The van der Waals surface area contributed by atoms with E-state index >= 15 is 0 Å². The monoisotopic (exact) mass is 501 g/mol. The molecule has 3 N–H and O–H groups in total. The van der Waals surface area contributed by atoms with Gasteiger partial charge in [-0.1, -0.05) is 26.8 Å². The largest absolute Gasteiger partial charge is 0.406 e. The van der Waals surface area contributed by atoms with E-state index in [2.05, 4.69) is 4.98 Å². The molecule has 3 rings (SSSR count). The molecule has 0 radical (unpaired) electrons. The Balaban J connectivity index is 2.31. The third kappa shape index (κ3) is 3.90. The fraction of sp³-hybridized carbons (Fsp3) is 0.650. The number of ether oxygens (including phenoxy) is 1. The van der Waals surface area contributed by atoms with Gasteiger partial charge in [-0.3, -0.25) is 14.3 Å². The maximum absolute atomic E-state index is 12.8. The number of aromatic nitrogens is 2. The molecule has 0 saturated carbocycles. The fourth-order valence-electron chi connectivity index (χ4n) is 3.82. The van der Waals surface area contributed by atoms with Crippen LogP contribution in [0, 0.1) is 12.3 Å². The molecule has 2 aliphatic heterocycles. The van der Waals surface area contributed by atoms with Crippen LogP contribution in [0.4, 0.5) is 0 Å². The van der Waals surface area contributed by atoms with Gasteiger partial charge in [0.25, 0.3) is 15.7 Å². The van der Waals surface area contributed by atoms with Crippen molar-refractivity contribution in [3.05, 3.63) is 43.6 Å². The summed E-state index contributed by atoms with van der Waals surface area (Å²) in [5.74, 6) is 0. The number of nitrogens with zero attached hydrogens (tertiary/aromatic N) is 1. The van der Waals surface area contributed by atoms with Crippen molar-refractivity contribution in [2.45, 2.75) is 76.8 Å². The zero-order valence-electron chi connectivity index (χ0n) is 19.8. The molecule has 4 unspecified atom stereocenters. The van der Waals surface area contributed by atoms with E-state index < -0.39 is 66.0 Å². The van der Waals surface area contributed by atoms with Crippen molar-refractivity contribution < 1.29 is 26.9 Å². The van der Waals surface area contributed by atoms with Crippen LogP contribution in [-0.2, 0) is 23.5 Å². The van der Waals surface area contributed by atoms with Gasteiger partial charge in [-0.05, 0) is 32.0 Å². The Morgan fingerprint density at radius 3 is 2.45 bits per heavy atom. The number of aliphatic hydroxyl groups is 1. The highest BCUT2D eigenvalue weighted by Crippen LogP contribution is 2.51. The SMILES string of the molecule is C/C=C1/C(=N)C2(OS1(=O)=O)C(CO)OC(n1cc(C)c(=O)[nH]c1=O)C2O[Si](C)(C)C(C)(C)C. The van der Waals surface area contributed by atoms with E-state index in [0.717, 1.165) is 4.57 Å². The summed E-state index contributed by atoms with van der Waals surface area (Å²) >= 11 is 0. The van der Waals surface area contributed by atoms with Gasteiger partial charge in [-0.15, -0.1) is 0 Å². The Bertz CT molecular complexity index is 1230. The molecule has 11 nitrogen and oxygen atoms in total. The van der Waals surface area contributed by atoms with E-state index in [1.54, 1.807) is 0 Å². The van der Waals surface area contributed by atoms with Crippen LogP contribution in [0.5, 0.6) is 0 Å². The van der Waals surface area contributed by atoms with E-state index in [0.29, 0.717) is 0 Å². The Morgan fingerprint density at radius 1 is 1.36 bits per heavy atom. The van der Waals surface area contributed by atoms with Crippen LogP contribution in [0.2, 0.25) is 18.1 Å². The lowest BCUT2D eigenvalue weighted by molar-refractivity contribution is -0.0550. The summed E-state index contributed by atoms with van der Waals surface area (Å²) in [5, 5.41) is 18.6. The molecule has 1 spiro atoms. The zero-order chi connectivity index (χ0) is 25.1. The molecule has 4 atom stereocenters.